The molecule has 154 valence electrons. The number of hydrogen-bond acceptors (Lipinski definition) is 4. The van der Waals surface area contributed by atoms with E-state index < -0.39 is 17.7 Å². The van der Waals surface area contributed by atoms with Gasteiger partial charge in [-0.1, -0.05) is 19.9 Å². The second kappa shape index (κ2) is 9.08. The Kier molecular flexibility index (Phi) is 7.05. The fourth-order valence-corrected chi connectivity index (χ4v) is 2.93. The number of amides is 3. The zero-order chi connectivity index (χ0) is 20.9. The summed E-state index contributed by atoms with van der Waals surface area (Å²) in [6, 6.07) is 6.42. The zero-order valence-corrected chi connectivity index (χ0v) is 17.4. The predicted octanol–water partition coefficient (Wildman–Crippen LogP) is 4.01. The van der Waals surface area contributed by atoms with E-state index in [1.807, 2.05) is 13.8 Å². The minimum Gasteiger partial charge on any atom is -0.444 e. The molecule has 0 radical (unpaired) electrons. The number of carbonyl (C=O) groups is 3. The van der Waals surface area contributed by atoms with Crippen LogP contribution in [0.5, 0.6) is 0 Å². The molecule has 28 heavy (non-hydrogen) atoms. The molecule has 0 aliphatic carbocycles. The molecule has 0 bridgehead atoms. The number of nitrogens with one attached hydrogen (secondary N) is 2. The van der Waals surface area contributed by atoms with Crippen LogP contribution in [0.25, 0.3) is 0 Å². The first kappa shape index (κ1) is 21.7. The number of ether oxygens (including phenoxy) is 1. The predicted molar refractivity (Wildman–Crippen MR) is 109 cm³/mol. The number of nitrogens with zero attached hydrogens (tertiary/aromatic N) is 1. The number of piperidine rings is 1. The number of carbonyl (C=O) groups excluding carboxylic acids is 3. The summed E-state index contributed by atoms with van der Waals surface area (Å²) in [5, 5.41) is 5.68. The molecule has 3 amide bonds. The fraction of sp³-hybridized carbons (Fsp3) is 0.571. The minimum absolute atomic E-state index is 0.0909. The SMILES string of the molecule is CC(C)C(=O)Nc1cccc(NC(=O)C2CCCCN2C(=O)OC(C)(C)C)c1. The highest BCUT2D eigenvalue weighted by Crippen LogP contribution is 2.23. The molecule has 1 unspecified atom stereocenters. The first-order valence-corrected chi connectivity index (χ1v) is 9.78. The van der Waals surface area contributed by atoms with Gasteiger partial charge in [-0.2, -0.15) is 0 Å². The lowest BCUT2D eigenvalue weighted by atomic mass is 10.0. The highest BCUT2D eigenvalue weighted by molar-refractivity contribution is 5.98. The third kappa shape index (κ3) is 6.25. The van der Waals surface area contributed by atoms with Crippen molar-refractivity contribution in [3.63, 3.8) is 0 Å². The van der Waals surface area contributed by atoms with Gasteiger partial charge in [0.15, 0.2) is 0 Å². The lowest BCUT2D eigenvalue weighted by molar-refractivity contribution is -0.122. The maximum atomic E-state index is 12.8. The van der Waals surface area contributed by atoms with Crippen molar-refractivity contribution in [2.75, 3.05) is 17.2 Å². The van der Waals surface area contributed by atoms with Crippen molar-refractivity contribution >= 4 is 29.3 Å². The van der Waals surface area contributed by atoms with Gasteiger partial charge in [0.2, 0.25) is 11.8 Å². The van der Waals surface area contributed by atoms with E-state index in [0.717, 1.165) is 12.8 Å². The van der Waals surface area contributed by atoms with E-state index in [9.17, 15) is 14.4 Å². The van der Waals surface area contributed by atoms with E-state index in [1.54, 1.807) is 45.0 Å². The maximum absolute atomic E-state index is 12.8. The highest BCUT2D eigenvalue weighted by Gasteiger charge is 2.34. The molecule has 0 spiro atoms. The number of hydrogen-bond donors (Lipinski definition) is 2. The van der Waals surface area contributed by atoms with Gasteiger partial charge in [-0.15, -0.1) is 0 Å². The molecule has 1 fully saturated rings. The van der Waals surface area contributed by atoms with E-state index >= 15 is 0 Å². The van der Waals surface area contributed by atoms with Crippen LogP contribution in [-0.4, -0.2) is 41.0 Å². The molecule has 7 heteroatoms. The summed E-state index contributed by atoms with van der Waals surface area (Å²) < 4.78 is 5.45. The lowest BCUT2D eigenvalue weighted by Crippen LogP contribution is -2.51. The second-order valence-electron chi connectivity index (χ2n) is 8.40. The van der Waals surface area contributed by atoms with Gasteiger partial charge in [0, 0.05) is 23.8 Å². The number of benzene rings is 1. The third-order valence-electron chi connectivity index (χ3n) is 4.36. The summed E-state index contributed by atoms with van der Waals surface area (Å²) in [7, 11) is 0. The molecule has 0 aromatic heterocycles. The van der Waals surface area contributed by atoms with Gasteiger partial charge in [0.1, 0.15) is 11.6 Å². The maximum Gasteiger partial charge on any atom is 0.410 e. The van der Waals surface area contributed by atoms with Gasteiger partial charge in [-0.05, 0) is 58.2 Å². The van der Waals surface area contributed by atoms with E-state index in [-0.39, 0.29) is 17.7 Å². The Morgan fingerprint density at radius 1 is 1.11 bits per heavy atom. The summed E-state index contributed by atoms with van der Waals surface area (Å²) >= 11 is 0. The molecule has 1 heterocycles. The van der Waals surface area contributed by atoms with Crippen molar-refractivity contribution in [3.05, 3.63) is 24.3 Å². The monoisotopic (exact) mass is 389 g/mol. The van der Waals surface area contributed by atoms with E-state index in [4.69, 9.17) is 4.74 Å². The Bertz CT molecular complexity index is 725. The van der Waals surface area contributed by atoms with Crippen molar-refractivity contribution in [2.24, 2.45) is 5.92 Å². The largest absolute Gasteiger partial charge is 0.444 e. The molecule has 2 N–H and O–H groups in total. The van der Waals surface area contributed by atoms with E-state index in [2.05, 4.69) is 10.6 Å². The Hall–Kier alpha value is -2.57. The second-order valence-corrected chi connectivity index (χ2v) is 8.40. The molecule has 1 aliphatic heterocycles. The fourth-order valence-electron chi connectivity index (χ4n) is 2.93. The Balaban J connectivity index is 2.07. The number of likely N-dealkylation sites (tertiary alicyclic amines) is 1. The molecule has 0 saturated carbocycles. The van der Waals surface area contributed by atoms with E-state index in [0.29, 0.717) is 24.3 Å². The molecule has 1 aromatic rings. The quantitative estimate of drug-likeness (QED) is 0.814. The molecule has 1 aliphatic rings. The molecular formula is C21H31N3O4. The van der Waals surface area contributed by atoms with Crippen LogP contribution in [0.1, 0.15) is 53.9 Å². The Morgan fingerprint density at radius 2 is 1.75 bits per heavy atom. The number of anilines is 2. The Labute approximate surface area is 166 Å². The van der Waals surface area contributed by atoms with Crippen LogP contribution in [0.4, 0.5) is 16.2 Å². The average molecular weight is 389 g/mol. The van der Waals surface area contributed by atoms with Gasteiger partial charge in [0.25, 0.3) is 0 Å². The van der Waals surface area contributed by atoms with Gasteiger partial charge >= 0.3 is 6.09 Å². The van der Waals surface area contributed by atoms with Crippen LogP contribution >= 0.6 is 0 Å². The molecular weight excluding hydrogens is 358 g/mol. The molecule has 1 aromatic carbocycles. The Morgan fingerprint density at radius 3 is 2.36 bits per heavy atom. The van der Waals surface area contributed by atoms with Crippen molar-refractivity contribution in [1.82, 2.24) is 4.90 Å². The standard InChI is InChI=1S/C21H31N3O4/c1-14(2)18(25)22-15-9-8-10-16(13-15)23-19(26)17-11-6-7-12-24(17)20(27)28-21(3,4)5/h8-10,13-14,17H,6-7,11-12H2,1-5H3,(H,22,25)(H,23,26). The lowest BCUT2D eigenvalue weighted by Gasteiger charge is -2.35. The van der Waals surface area contributed by atoms with Crippen LogP contribution in [-0.2, 0) is 14.3 Å². The summed E-state index contributed by atoms with van der Waals surface area (Å²) in [6.45, 7) is 9.55. The summed E-state index contributed by atoms with van der Waals surface area (Å²) in [5.74, 6) is -0.479. The molecule has 1 atom stereocenters. The van der Waals surface area contributed by atoms with Gasteiger partial charge in [-0.3, -0.25) is 14.5 Å². The normalized spacial score (nSPS) is 17.2. The van der Waals surface area contributed by atoms with Crippen LogP contribution in [0.3, 0.4) is 0 Å². The van der Waals surface area contributed by atoms with E-state index in [1.165, 1.54) is 4.90 Å². The van der Waals surface area contributed by atoms with Crippen molar-refractivity contribution < 1.29 is 19.1 Å². The minimum atomic E-state index is -0.613. The van der Waals surface area contributed by atoms with Crippen LogP contribution in [0.15, 0.2) is 24.3 Å². The molecule has 1 saturated heterocycles. The first-order chi connectivity index (χ1) is 13.1. The molecule has 7 nitrogen and oxygen atoms in total. The summed E-state index contributed by atoms with van der Waals surface area (Å²) in [4.78, 5) is 38.7. The van der Waals surface area contributed by atoms with Crippen molar-refractivity contribution in [3.8, 4) is 0 Å². The van der Waals surface area contributed by atoms with Gasteiger partial charge in [-0.25, -0.2) is 4.79 Å². The highest BCUT2D eigenvalue weighted by atomic mass is 16.6. The third-order valence-corrected chi connectivity index (χ3v) is 4.36. The number of rotatable bonds is 4. The topological polar surface area (TPSA) is 87.7 Å². The summed E-state index contributed by atoms with van der Waals surface area (Å²) in [5.41, 5.74) is 0.573. The smallest absolute Gasteiger partial charge is 0.410 e. The summed E-state index contributed by atoms with van der Waals surface area (Å²) in [6.07, 6.45) is 1.85. The van der Waals surface area contributed by atoms with Crippen LogP contribution in [0, 0.1) is 5.92 Å². The van der Waals surface area contributed by atoms with Crippen molar-refractivity contribution in [2.45, 2.75) is 65.5 Å². The van der Waals surface area contributed by atoms with Gasteiger partial charge < -0.3 is 15.4 Å². The first-order valence-electron chi connectivity index (χ1n) is 9.78. The van der Waals surface area contributed by atoms with Crippen LogP contribution < -0.4 is 10.6 Å². The van der Waals surface area contributed by atoms with Crippen molar-refractivity contribution in [1.29, 1.82) is 0 Å². The van der Waals surface area contributed by atoms with Gasteiger partial charge in [0.05, 0.1) is 0 Å². The zero-order valence-electron chi connectivity index (χ0n) is 17.4. The average Bonchev–Trinajstić information content (AvgIpc) is 2.60. The van der Waals surface area contributed by atoms with Crippen LogP contribution in [0.2, 0.25) is 0 Å². The molecule has 2 rings (SSSR count).